The predicted molar refractivity (Wildman–Crippen MR) is 75.1 cm³/mol. The molecule has 0 amide bonds. The molecule has 19 heavy (non-hydrogen) atoms. The maximum Gasteiger partial charge on any atom is 0.320 e. The van der Waals surface area contributed by atoms with E-state index in [2.05, 4.69) is 11.7 Å². The van der Waals surface area contributed by atoms with Crippen LogP contribution in [0.3, 0.4) is 0 Å². The van der Waals surface area contributed by atoms with Crippen molar-refractivity contribution in [1.29, 1.82) is 0 Å². The number of aromatic nitrogens is 2. The summed E-state index contributed by atoms with van der Waals surface area (Å²) >= 11 is 6.19. The molecule has 0 fully saturated rings. The molecular weight excluding hydrogens is 266 g/mol. The lowest BCUT2D eigenvalue weighted by Gasteiger charge is -2.19. The van der Waals surface area contributed by atoms with Gasteiger partial charge in [-0.25, -0.2) is 0 Å². The summed E-state index contributed by atoms with van der Waals surface area (Å²) in [6, 6.07) is 0. The van der Waals surface area contributed by atoms with Gasteiger partial charge in [-0.15, -0.1) is 6.58 Å². The van der Waals surface area contributed by atoms with Gasteiger partial charge in [0.1, 0.15) is 5.15 Å². The van der Waals surface area contributed by atoms with Crippen LogP contribution in [-0.4, -0.2) is 40.3 Å². The molecule has 0 bridgehead atoms. The number of esters is 1. The summed E-state index contributed by atoms with van der Waals surface area (Å²) in [5, 5.41) is 4.85. The zero-order valence-electron chi connectivity index (χ0n) is 11.6. The van der Waals surface area contributed by atoms with Crippen molar-refractivity contribution in [1.82, 2.24) is 14.7 Å². The van der Waals surface area contributed by atoms with E-state index in [0.29, 0.717) is 24.8 Å². The van der Waals surface area contributed by atoms with E-state index in [1.807, 2.05) is 11.8 Å². The van der Waals surface area contributed by atoms with Crippen LogP contribution < -0.4 is 0 Å². The molecule has 0 aliphatic carbocycles. The van der Waals surface area contributed by atoms with E-state index in [4.69, 9.17) is 16.3 Å². The lowest BCUT2D eigenvalue weighted by Crippen LogP contribution is -2.31. The first kappa shape index (κ1) is 15.7. The van der Waals surface area contributed by atoms with Crippen molar-refractivity contribution < 1.29 is 9.53 Å². The zero-order valence-corrected chi connectivity index (χ0v) is 12.4. The van der Waals surface area contributed by atoms with Gasteiger partial charge in [0.25, 0.3) is 0 Å². The van der Waals surface area contributed by atoms with E-state index < -0.39 is 0 Å². The molecule has 0 unspecified atom stereocenters. The Morgan fingerprint density at radius 3 is 2.79 bits per heavy atom. The highest BCUT2D eigenvalue weighted by Gasteiger charge is 2.17. The minimum Gasteiger partial charge on any atom is -0.465 e. The molecule has 1 aromatic rings. The summed E-state index contributed by atoms with van der Waals surface area (Å²) in [6.45, 7) is 9.11. The van der Waals surface area contributed by atoms with Crippen LogP contribution in [0, 0.1) is 6.92 Å². The number of nitrogens with zero attached hydrogens (tertiary/aromatic N) is 3. The Labute approximate surface area is 118 Å². The number of hydrogen-bond donors (Lipinski definition) is 0. The van der Waals surface area contributed by atoms with Crippen molar-refractivity contribution in [2.75, 3.05) is 19.7 Å². The van der Waals surface area contributed by atoms with Gasteiger partial charge in [0, 0.05) is 25.7 Å². The molecule has 0 N–H and O–H groups in total. The Morgan fingerprint density at radius 1 is 1.63 bits per heavy atom. The maximum atomic E-state index is 11.5. The van der Waals surface area contributed by atoms with Crippen molar-refractivity contribution in [3.05, 3.63) is 29.1 Å². The molecule has 1 aromatic heterocycles. The van der Waals surface area contributed by atoms with Crippen LogP contribution in [0.4, 0.5) is 0 Å². The number of hydrogen-bond acceptors (Lipinski definition) is 4. The highest BCUT2D eigenvalue weighted by molar-refractivity contribution is 6.30. The van der Waals surface area contributed by atoms with Crippen molar-refractivity contribution >= 4 is 17.6 Å². The summed E-state index contributed by atoms with van der Waals surface area (Å²) in [7, 11) is 1.79. The maximum absolute atomic E-state index is 11.5. The third-order valence-electron chi connectivity index (χ3n) is 2.70. The highest BCUT2D eigenvalue weighted by Crippen LogP contribution is 2.20. The topological polar surface area (TPSA) is 47.4 Å². The number of carbonyl (C=O) groups is 1. The fourth-order valence-electron chi connectivity index (χ4n) is 1.83. The molecule has 106 valence electrons. The second-order valence-corrected chi connectivity index (χ2v) is 4.60. The largest absolute Gasteiger partial charge is 0.465 e. The molecule has 0 saturated carbocycles. The highest BCUT2D eigenvalue weighted by atomic mass is 35.5. The van der Waals surface area contributed by atoms with E-state index in [1.165, 1.54) is 0 Å². The van der Waals surface area contributed by atoms with Crippen molar-refractivity contribution in [3.8, 4) is 0 Å². The van der Waals surface area contributed by atoms with E-state index in [0.717, 1.165) is 11.3 Å². The Balaban J connectivity index is 2.77. The van der Waals surface area contributed by atoms with Gasteiger partial charge in [-0.3, -0.25) is 14.4 Å². The van der Waals surface area contributed by atoms with Gasteiger partial charge < -0.3 is 4.74 Å². The van der Waals surface area contributed by atoms with Crippen LogP contribution in [0.5, 0.6) is 0 Å². The first-order chi connectivity index (χ1) is 8.99. The van der Waals surface area contributed by atoms with E-state index in [-0.39, 0.29) is 12.5 Å². The van der Waals surface area contributed by atoms with Crippen LogP contribution in [0.2, 0.25) is 5.15 Å². The molecule has 0 aliphatic heterocycles. The van der Waals surface area contributed by atoms with Gasteiger partial charge in [0.15, 0.2) is 0 Å². The monoisotopic (exact) mass is 285 g/mol. The summed E-state index contributed by atoms with van der Waals surface area (Å²) in [4.78, 5) is 13.5. The fraction of sp³-hybridized carbons (Fsp3) is 0.538. The van der Waals surface area contributed by atoms with Gasteiger partial charge in [-0.1, -0.05) is 17.7 Å². The third-order valence-corrected chi connectivity index (χ3v) is 3.17. The molecule has 1 rings (SSSR count). The van der Waals surface area contributed by atoms with E-state index in [1.54, 1.807) is 24.7 Å². The Hall–Kier alpha value is -1.33. The van der Waals surface area contributed by atoms with Gasteiger partial charge in [0.05, 0.1) is 18.8 Å². The standard InChI is InChI=1S/C13H20ClN3O2/c1-5-7-17(9-12(18)19-6-2)8-11-10(3)15-16(4)13(11)14/h5H,1,6-9H2,2-4H3. The summed E-state index contributed by atoms with van der Waals surface area (Å²) in [6.07, 6.45) is 1.75. The Kier molecular flexibility index (Phi) is 6.05. The van der Waals surface area contributed by atoms with Gasteiger partial charge in [-0.2, -0.15) is 5.10 Å². The molecule has 6 heteroatoms. The number of halogens is 1. The van der Waals surface area contributed by atoms with Crippen LogP contribution in [-0.2, 0) is 23.1 Å². The van der Waals surface area contributed by atoms with Crippen molar-refractivity contribution in [2.45, 2.75) is 20.4 Å². The normalized spacial score (nSPS) is 10.8. The van der Waals surface area contributed by atoms with Crippen molar-refractivity contribution in [2.24, 2.45) is 7.05 Å². The fourth-order valence-corrected chi connectivity index (χ4v) is 2.07. The van der Waals surface area contributed by atoms with Gasteiger partial charge in [0.2, 0.25) is 0 Å². The van der Waals surface area contributed by atoms with Crippen LogP contribution in [0.15, 0.2) is 12.7 Å². The van der Waals surface area contributed by atoms with Crippen LogP contribution in [0.1, 0.15) is 18.2 Å². The van der Waals surface area contributed by atoms with Crippen LogP contribution in [0.25, 0.3) is 0 Å². The molecule has 0 atom stereocenters. The van der Waals surface area contributed by atoms with Crippen LogP contribution >= 0.6 is 11.6 Å². The molecule has 0 aliphatic rings. The lowest BCUT2D eigenvalue weighted by atomic mass is 10.2. The minimum absolute atomic E-state index is 0.213. The summed E-state index contributed by atoms with van der Waals surface area (Å²) in [5.74, 6) is -0.248. The first-order valence-corrected chi connectivity index (χ1v) is 6.54. The number of aryl methyl sites for hydroxylation is 2. The SMILES string of the molecule is C=CCN(CC(=O)OCC)Cc1c(C)nn(C)c1Cl. The van der Waals surface area contributed by atoms with Gasteiger partial charge >= 0.3 is 5.97 Å². The third kappa shape index (κ3) is 4.36. The molecule has 0 spiro atoms. The van der Waals surface area contributed by atoms with E-state index in [9.17, 15) is 4.79 Å². The average Bonchev–Trinajstić information content (AvgIpc) is 2.56. The second kappa shape index (κ2) is 7.31. The quantitative estimate of drug-likeness (QED) is 0.567. The summed E-state index contributed by atoms with van der Waals surface area (Å²) < 4.78 is 6.58. The Morgan fingerprint density at radius 2 is 2.32 bits per heavy atom. The molecule has 5 nitrogen and oxygen atoms in total. The molecular formula is C13H20ClN3O2. The summed E-state index contributed by atoms with van der Waals surface area (Å²) in [5.41, 5.74) is 1.79. The molecule has 0 radical (unpaired) electrons. The molecule has 0 saturated heterocycles. The zero-order chi connectivity index (χ0) is 14.4. The number of carbonyl (C=O) groups excluding carboxylic acids is 1. The predicted octanol–water partition coefficient (Wildman–Crippen LogP) is 1.93. The second-order valence-electron chi connectivity index (χ2n) is 4.24. The average molecular weight is 286 g/mol. The lowest BCUT2D eigenvalue weighted by molar-refractivity contribution is -0.144. The first-order valence-electron chi connectivity index (χ1n) is 6.16. The molecule has 1 heterocycles. The van der Waals surface area contributed by atoms with Crippen molar-refractivity contribution in [3.63, 3.8) is 0 Å². The minimum atomic E-state index is -0.248. The number of ether oxygens (including phenoxy) is 1. The smallest absolute Gasteiger partial charge is 0.320 e. The van der Waals surface area contributed by atoms with Gasteiger partial charge in [-0.05, 0) is 13.8 Å². The number of rotatable bonds is 7. The van der Waals surface area contributed by atoms with E-state index >= 15 is 0 Å². The molecule has 0 aromatic carbocycles. The Bertz CT molecular complexity index is 457.